The van der Waals surface area contributed by atoms with Crippen molar-refractivity contribution in [1.29, 1.82) is 0 Å². The van der Waals surface area contributed by atoms with Gasteiger partial charge in [-0.15, -0.1) is 11.3 Å². The Kier molecular flexibility index (Phi) is 3.09. The SMILES string of the molecule is Cc1cc2c(s1)S(=O)(=O)NC2=O.[Ca+2].[H-].[H-]. The molecule has 7 heteroatoms. The van der Waals surface area contributed by atoms with Gasteiger partial charge in [0.25, 0.3) is 15.9 Å². The number of hydrogen-bond donors (Lipinski definition) is 1. The van der Waals surface area contributed by atoms with Crippen molar-refractivity contribution in [1.82, 2.24) is 4.72 Å². The van der Waals surface area contributed by atoms with Crippen LogP contribution in [0.5, 0.6) is 0 Å². The molecule has 0 saturated heterocycles. The number of hydrogen-bond acceptors (Lipinski definition) is 4. The average Bonchev–Trinajstić information content (AvgIpc) is 2.37. The first-order valence-corrected chi connectivity index (χ1v) is 5.48. The normalized spacial score (nSPS) is 17.5. The molecule has 1 aromatic heterocycles. The molecule has 0 atom stereocenters. The van der Waals surface area contributed by atoms with Crippen LogP contribution in [0.4, 0.5) is 0 Å². The first-order chi connectivity index (χ1) is 5.50. The zero-order valence-electron chi connectivity index (χ0n) is 8.83. The molecule has 1 aliphatic rings. The van der Waals surface area contributed by atoms with Crippen LogP contribution in [0, 0.1) is 6.92 Å². The van der Waals surface area contributed by atoms with E-state index < -0.39 is 15.9 Å². The number of thiophene rings is 1. The predicted molar refractivity (Wildman–Crippen MR) is 51.7 cm³/mol. The molecule has 1 aromatic rings. The van der Waals surface area contributed by atoms with Crippen LogP contribution in [-0.4, -0.2) is 52.1 Å². The van der Waals surface area contributed by atoms with Crippen LogP contribution in [0.1, 0.15) is 18.1 Å². The summed E-state index contributed by atoms with van der Waals surface area (Å²) >= 11 is 1.12. The second-order valence-electron chi connectivity index (χ2n) is 2.49. The van der Waals surface area contributed by atoms with Crippen LogP contribution in [0.15, 0.2) is 10.3 Å². The summed E-state index contributed by atoms with van der Waals surface area (Å²) in [5.74, 6) is -0.519. The van der Waals surface area contributed by atoms with Crippen molar-refractivity contribution in [3.8, 4) is 0 Å². The van der Waals surface area contributed by atoms with Crippen LogP contribution in [-0.2, 0) is 10.0 Å². The fourth-order valence-electron chi connectivity index (χ4n) is 1.07. The Morgan fingerprint density at radius 1 is 1.54 bits per heavy atom. The number of sulfonamides is 1. The molecule has 1 amide bonds. The molecule has 0 bridgehead atoms. The van der Waals surface area contributed by atoms with Crippen molar-refractivity contribution in [2.45, 2.75) is 11.1 Å². The van der Waals surface area contributed by atoms with Gasteiger partial charge in [-0.05, 0) is 13.0 Å². The third kappa shape index (κ3) is 1.78. The Labute approximate surface area is 112 Å². The van der Waals surface area contributed by atoms with Crippen molar-refractivity contribution in [3.05, 3.63) is 16.5 Å². The molecule has 2 rings (SSSR count). The van der Waals surface area contributed by atoms with E-state index in [9.17, 15) is 13.2 Å². The van der Waals surface area contributed by atoms with Gasteiger partial charge < -0.3 is 2.85 Å². The molecule has 1 aliphatic heterocycles. The number of fused-ring (bicyclic) bond motifs is 1. The molecule has 0 aromatic carbocycles. The second kappa shape index (κ2) is 3.51. The smallest absolute Gasteiger partial charge is 1.00 e. The first-order valence-electron chi connectivity index (χ1n) is 3.18. The van der Waals surface area contributed by atoms with Gasteiger partial charge >= 0.3 is 37.7 Å². The fraction of sp³-hybridized carbons (Fsp3) is 0.167. The summed E-state index contributed by atoms with van der Waals surface area (Å²) in [5, 5.41) is 0. The number of carbonyl (C=O) groups is 1. The number of nitrogens with one attached hydrogen (secondary N) is 1. The van der Waals surface area contributed by atoms with Gasteiger partial charge in [-0.3, -0.25) is 4.79 Å². The Bertz CT molecular complexity index is 471. The van der Waals surface area contributed by atoms with E-state index in [2.05, 4.69) is 0 Å². The Morgan fingerprint density at radius 3 is 2.69 bits per heavy atom. The minimum Gasteiger partial charge on any atom is -1.00 e. The van der Waals surface area contributed by atoms with Crippen molar-refractivity contribution < 1.29 is 16.1 Å². The van der Waals surface area contributed by atoms with Gasteiger partial charge in [-0.2, -0.15) is 0 Å². The summed E-state index contributed by atoms with van der Waals surface area (Å²) in [6.45, 7) is 1.77. The fourth-order valence-corrected chi connectivity index (χ4v) is 3.65. The molecule has 0 fully saturated rings. The van der Waals surface area contributed by atoms with E-state index >= 15 is 0 Å². The molecule has 1 N–H and O–H groups in total. The number of aryl methyl sites for hydroxylation is 1. The molecule has 4 nitrogen and oxygen atoms in total. The van der Waals surface area contributed by atoms with Gasteiger partial charge in [0.2, 0.25) is 0 Å². The minimum atomic E-state index is -3.51. The van der Waals surface area contributed by atoms with Gasteiger partial charge in [-0.1, -0.05) is 0 Å². The van der Waals surface area contributed by atoms with Gasteiger partial charge in [0.05, 0.1) is 5.56 Å². The monoisotopic (exact) mass is 245 g/mol. The molecular formula is C6H7CaNO3S2. The van der Waals surface area contributed by atoms with Gasteiger partial charge in [-0.25, -0.2) is 13.1 Å². The van der Waals surface area contributed by atoms with E-state index in [1.165, 1.54) is 0 Å². The average molecular weight is 245 g/mol. The quantitative estimate of drug-likeness (QED) is 0.670. The third-order valence-electron chi connectivity index (χ3n) is 1.54. The summed E-state index contributed by atoms with van der Waals surface area (Å²) in [4.78, 5) is 11.8. The Balaban J connectivity index is 0. The molecule has 0 unspecified atom stereocenters. The molecule has 13 heavy (non-hydrogen) atoms. The summed E-state index contributed by atoms with van der Waals surface area (Å²) < 4.78 is 24.4. The molecule has 2 heterocycles. The largest absolute Gasteiger partial charge is 2.00 e. The summed E-state index contributed by atoms with van der Waals surface area (Å²) in [6.07, 6.45) is 0. The van der Waals surface area contributed by atoms with Gasteiger partial charge in [0.15, 0.2) is 4.21 Å². The van der Waals surface area contributed by atoms with Gasteiger partial charge in [0.1, 0.15) is 0 Å². The van der Waals surface area contributed by atoms with E-state index in [4.69, 9.17) is 0 Å². The summed E-state index contributed by atoms with van der Waals surface area (Å²) in [7, 11) is -3.51. The Hall–Kier alpha value is 0.380. The zero-order chi connectivity index (χ0) is 8.93. The van der Waals surface area contributed by atoms with Gasteiger partial charge in [0, 0.05) is 4.88 Å². The topological polar surface area (TPSA) is 63.2 Å². The van der Waals surface area contributed by atoms with Crippen LogP contribution >= 0.6 is 11.3 Å². The second-order valence-corrected chi connectivity index (χ2v) is 5.63. The minimum absolute atomic E-state index is 0. The number of amides is 1. The van der Waals surface area contributed by atoms with E-state index in [0.717, 1.165) is 16.2 Å². The van der Waals surface area contributed by atoms with Crippen LogP contribution < -0.4 is 4.72 Å². The summed E-state index contributed by atoms with van der Waals surface area (Å²) in [5.41, 5.74) is 0.275. The van der Waals surface area contributed by atoms with Crippen molar-refractivity contribution in [3.63, 3.8) is 0 Å². The molecule has 0 saturated carbocycles. The molecule has 0 radical (unpaired) electrons. The van der Waals surface area contributed by atoms with Crippen molar-refractivity contribution >= 4 is 65.0 Å². The molecule has 0 aliphatic carbocycles. The molecular weight excluding hydrogens is 238 g/mol. The van der Waals surface area contributed by atoms with Crippen LogP contribution in [0.3, 0.4) is 0 Å². The van der Waals surface area contributed by atoms with E-state index in [1.807, 2.05) is 4.72 Å². The van der Waals surface area contributed by atoms with Crippen molar-refractivity contribution in [2.75, 3.05) is 0 Å². The zero-order valence-corrected chi connectivity index (χ0v) is 10.7. The van der Waals surface area contributed by atoms with Crippen LogP contribution in [0.2, 0.25) is 0 Å². The third-order valence-corrected chi connectivity index (χ3v) is 4.45. The number of rotatable bonds is 0. The first kappa shape index (κ1) is 11.5. The maximum atomic E-state index is 11.2. The van der Waals surface area contributed by atoms with Crippen LogP contribution in [0.25, 0.3) is 0 Å². The number of carbonyl (C=O) groups excluding carboxylic acids is 1. The van der Waals surface area contributed by atoms with Crippen molar-refractivity contribution in [2.24, 2.45) is 0 Å². The maximum Gasteiger partial charge on any atom is 2.00 e. The molecule has 0 spiro atoms. The summed E-state index contributed by atoms with van der Waals surface area (Å²) in [6, 6.07) is 1.58. The molecule has 68 valence electrons. The maximum absolute atomic E-state index is 11.2. The standard InChI is InChI=1S/C6H5NO3S2.Ca.2H/c1-3-2-4-5(8)7-12(9,10)6(4)11-3;;;/h2H,1H3,(H,7,8);;;/q;+2;2*-1. The Morgan fingerprint density at radius 2 is 2.15 bits per heavy atom. The predicted octanol–water partition coefficient (Wildman–Crippen LogP) is 0.333. The van der Waals surface area contributed by atoms with E-state index in [1.54, 1.807) is 13.0 Å². The van der Waals surface area contributed by atoms with E-state index in [-0.39, 0.29) is 50.4 Å². The van der Waals surface area contributed by atoms with E-state index in [0.29, 0.717) is 0 Å².